The van der Waals surface area contributed by atoms with Crippen LogP contribution in [-0.2, 0) is 6.54 Å². The molecule has 0 aromatic heterocycles. The van der Waals surface area contributed by atoms with E-state index in [2.05, 4.69) is 5.32 Å². The minimum atomic E-state index is -0.206. The molecule has 3 rings (SSSR count). The Balaban J connectivity index is 1.69. The smallest absolute Gasteiger partial charge is 0.251 e. The Kier molecular flexibility index (Phi) is 4.74. The molecule has 1 heterocycles. The fraction of sp³-hybridized carbons (Fsp3) is 0.278. The molecule has 0 aliphatic carbocycles. The van der Waals surface area contributed by atoms with E-state index in [9.17, 15) is 4.79 Å². The van der Waals surface area contributed by atoms with Crippen molar-refractivity contribution >= 4 is 5.91 Å². The standard InChI is InChI=1S/C18H19NO5/c1-21-14-8-13(9-15(10-14)22-2)18(20)19-11-12-3-4-16-17(7-12)24-6-5-23-16/h3-4,7-10H,5-6,11H2,1-2H3,(H,19,20). The first-order chi connectivity index (χ1) is 11.7. The lowest BCUT2D eigenvalue weighted by Gasteiger charge is -2.19. The summed E-state index contributed by atoms with van der Waals surface area (Å²) in [4.78, 5) is 12.4. The molecule has 2 aromatic rings. The number of nitrogens with one attached hydrogen (secondary N) is 1. The van der Waals surface area contributed by atoms with E-state index in [0.717, 1.165) is 11.3 Å². The van der Waals surface area contributed by atoms with Crippen molar-refractivity contribution in [1.29, 1.82) is 0 Å². The zero-order valence-corrected chi connectivity index (χ0v) is 13.6. The Labute approximate surface area is 140 Å². The second-order valence-electron chi connectivity index (χ2n) is 5.26. The molecule has 1 amide bonds. The van der Waals surface area contributed by atoms with Crippen molar-refractivity contribution in [3.63, 3.8) is 0 Å². The molecule has 1 N–H and O–H groups in total. The Bertz CT molecular complexity index is 722. The SMILES string of the molecule is COc1cc(OC)cc(C(=O)NCc2ccc3c(c2)OCCO3)c1. The van der Waals surface area contributed by atoms with Gasteiger partial charge in [0, 0.05) is 18.2 Å². The molecule has 0 saturated heterocycles. The summed E-state index contributed by atoms with van der Waals surface area (Å²) < 4.78 is 21.4. The van der Waals surface area contributed by atoms with E-state index in [1.54, 1.807) is 32.4 Å². The Morgan fingerprint density at radius 3 is 2.33 bits per heavy atom. The van der Waals surface area contributed by atoms with Gasteiger partial charge in [0.15, 0.2) is 11.5 Å². The monoisotopic (exact) mass is 329 g/mol. The quantitative estimate of drug-likeness (QED) is 0.912. The average molecular weight is 329 g/mol. The topological polar surface area (TPSA) is 66.0 Å². The van der Waals surface area contributed by atoms with E-state index >= 15 is 0 Å². The van der Waals surface area contributed by atoms with Crippen LogP contribution in [0.15, 0.2) is 36.4 Å². The van der Waals surface area contributed by atoms with Gasteiger partial charge in [-0.25, -0.2) is 0 Å². The van der Waals surface area contributed by atoms with Crippen molar-refractivity contribution in [3.8, 4) is 23.0 Å². The van der Waals surface area contributed by atoms with Gasteiger partial charge in [-0.15, -0.1) is 0 Å². The van der Waals surface area contributed by atoms with E-state index < -0.39 is 0 Å². The van der Waals surface area contributed by atoms with Crippen molar-refractivity contribution in [1.82, 2.24) is 5.32 Å². The summed E-state index contributed by atoms with van der Waals surface area (Å²) in [6.07, 6.45) is 0. The molecule has 6 heteroatoms. The number of ether oxygens (including phenoxy) is 4. The van der Waals surface area contributed by atoms with Crippen LogP contribution in [0.2, 0.25) is 0 Å². The number of rotatable bonds is 5. The van der Waals surface area contributed by atoms with Crippen molar-refractivity contribution in [2.24, 2.45) is 0 Å². The Morgan fingerprint density at radius 1 is 1.00 bits per heavy atom. The molecule has 0 spiro atoms. The maximum Gasteiger partial charge on any atom is 0.251 e. The summed E-state index contributed by atoms with van der Waals surface area (Å²) in [5.41, 5.74) is 1.41. The van der Waals surface area contributed by atoms with Gasteiger partial charge in [-0.2, -0.15) is 0 Å². The lowest BCUT2D eigenvalue weighted by atomic mass is 10.1. The highest BCUT2D eigenvalue weighted by Gasteiger charge is 2.13. The molecule has 126 valence electrons. The number of amides is 1. The Morgan fingerprint density at radius 2 is 1.67 bits per heavy atom. The van der Waals surface area contributed by atoms with Gasteiger partial charge in [0.1, 0.15) is 24.7 Å². The van der Waals surface area contributed by atoms with E-state index in [0.29, 0.717) is 42.6 Å². The first-order valence-electron chi connectivity index (χ1n) is 7.59. The maximum absolute atomic E-state index is 12.4. The third-order valence-corrected chi connectivity index (χ3v) is 3.67. The molecule has 24 heavy (non-hydrogen) atoms. The summed E-state index contributed by atoms with van der Waals surface area (Å²) in [5.74, 6) is 2.37. The summed E-state index contributed by atoms with van der Waals surface area (Å²) >= 11 is 0. The third-order valence-electron chi connectivity index (χ3n) is 3.67. The first-order valence-corrected chi connectivity index (χ1v) is 7.59. The fourth-order valence-corrected chi connectivity index (χ4v) is 2.42. The third kappa shape index (κ3) is 3.53. The highest BCUT2D eigenvalue weighted by atomic mass is 16.6. The van der Waals surface area contributed by atoms with E-state index in [1.165, 1.54) is 0 Å². The minimum Gasteiger partial charge on any atom is -0.497 e. The Hall–Kier alpha value is -2.89. The number of carbonyl (C=O) groups excluding carboxylic acids is 1. The second-order valence-corrected chi connectivity index (χ2v) is 5.26. The van der Waals surface area contributed by atoms with Gasteiger partial charge in [-0.05, 0) is 29.8 Å². The number of fused-ring (bicyclic) bond motifs is 1. The van der Waals surface area contributed by atoms with Crippen LogP contribution in [0.25, 0.3) is 0 Å². The van der Waals surface area contributed by atoms with Crippen molar-refractivity contribution in [2.45, 2.75) is 6.54 Å². The van der Waals surface area contributed by atoms with Crippen molar-refractivity contribution in [2.75, 3.05) is 27.4 Å². The molecule has 1 aliphatic rings. The first kappa shape index (κ1) is 16.0. The van der Waals surface area contributed by atoms with Crippen LogP contribution in [0.3, 0.4) is 0 Å². The van der Waals surface area contributed by atoms with Crippen LogP contribution in [-0.4, -0.2) is 33.3 Å². The van der Waals surface area contributed by atoms with Crippen molar-refractivity contribution in [3.05, 3.63) is 47.5 Å². The molecule has 6 nitrogen and oxygen atoms in total. The van der Waals surface area contributed by atoms with Crippen LogP contribution in [0.1, 0.15) is 15.9 Å². The van der Waals surface area contributed by atoms with Gasteiger partial charge in [0.25, 0.3) is 5.91 Å². The lowest BCUT2D eigenvalue weighted by molar-refractivity contribution is 0.0950. The second kappa shape index (κ2) is 7.12. The van der Waals surface area contributed by atoms with Crippen molar-refractivity contribution < 1.29 is 23.7 Å². The highest BCUT2D eigenvalue weighted by molar-refractivity contribution is 5.95. The summed E-state index contributed by atoms with van der Waals surface area (Å²) in [7, 11) is 3.09. The molecule has 0 fully saturated rings. The van der Waals surface area contributed by atoms with Gasteiger partial charge >= 0.3 is 0 Å². The number of carbonyl (C=O) groups is 1. The number of hydrogen-bond donors (Lipinski definition) is 1. The molecule has 0 atom stereocenters. The molecular formula is C18H19NO5. The predicted molar refractivity (Wildman–Crippen MR) is 88.1 cm³/mol. The zero-order chi connectivity index (χ0) is 16.9. The van der Waals surface area contributed by atoms with Gasteiger partial charge in [-0.1, -0.05) is 6.07 Å². The number of hydrogen-bond acceptors (Lipinski definition) is 5. The summed E-state index contributed by atoms with van der Waals surface area (Å²) in [5, 5.41) is 2.88. The van der Waals surface area contributed by atoms with Crippen LogP contribution in [0.5, 0.6) is 23.0 Å². The van der Waals surface area contributed by atoms with E-state index in [4.69, 9.17) is 18.9 Å². The molecule has 1 aliphatic heterocycles. The zero-order valence-electron chi connectivity index (χ0n) is 13.6. The highest BCUT2D eigenvalue weighted by Crippen LogP contribution is 2.30. The van der Waals surface area contributed by atoms with Gasteiger partial charge in [0.2, 0.25) is 0 Å². The number of methoxy groups -OCH3 is 2. The molecule has 0 radical (unpaired) electrons. The van der Waals surface area contributed by atoms with Gasteiger partial charge in [0.05, 0.1) is 14.2 Å². The lowest BCUT2D eigenvalue weighted by Crippen LogP contribution is -2.23. The molecule has 0 saturated carbocycles. The van der Waals surface area contributed by atoms with Gasteiger partial charge in [-0.3, -0.25) is 4.79 Å². The predicted octanol–water partition coefficient (Wildman–Crippen LogP) is 2.41. The maximum atomic E-state index is 12.4. The molecule has 0 unspecified atom stereocenters. The largest absolute Gasteiger partial charge is 0.497 e. The van der Waals surface area contributed by atoms with Gasteiger partial charge < -0.3 is 24.3 Å². The van der Waals surface area contributed by atoms with Crippen LogP contribution in [0.4, 0.5) is 0 Å². The number of benzene rings is 2. The summed E-state index contributed by atoms with van der Waals surface area (Å²) in [6.45, 7) is 1.47. The molecule has 2 aromatic carbocycles. The van der Waals surface area contributed by atoms with Crippen LogP contribution >= 0.6 is 0 Å². The normalized spacial score (nSPS) is 12.4. The summed E-state index contributed by atoms with van der Waals surface area (Å²) in [6, 6.07) is 10.7. The molecule has 0 bridgehead atoms. The average Bonchev–Trinajstić information content (AvgIpc) is 2.65. The molecular weight excluding hydrogens is 310 g/mol. The minimum absolute atomic E-state index is 0.206. The van der Waals surface area contributed by atoms with Crippen LogP contribution in [0, 0.1) is 0 Å². The van der Waals surface area contributed by atoms with E-state index in [1.807, 2.05) is 18.2 Å². The van der Waals surface area contributed by atoms with Crippen LogP contribution < -0.4 is 24.3 Å². The fourth-order valence-electron chi connectivity index (χ4n) is 2.42. The van der Waals surface area contributed by atoms with E-state index in [-0.39, 0.29) is 5.91 Å².